The van der Waals surface area contributed by atoms with E-state index in [-0.39, 0.29) is 29.6 Å². The molecular formula is C19H28ClNO3. The van der Waals surface area contributed by atoms with E-state index in [2.05, 4.69) is 26.1 Å². The van der Waals surface area contributed by atoms with Gasteiger partial charge in [-0.15, -0.1) is 0 Å². The number of esters is 1. The molecule has 1 aliphatic rings. The number of carbonyl (C=O) groups is 1. The van der Waals surface area contributed by atoms with Crippen molar-refractivity contribution in [2.24, 2.45) is 5.92 Å². The molecule has 1 saturated heterocycles. The highest BCUT2D eigenvalue weighted by molar-refractivity contribution is 6.30. The molecule has 0 amide bonds. The lowest BCUT2D eigenvalue weighted by molar-refractivity contribution is -0.159. The Bertz CT molecular complexity index is 550. The predicted molar refractivity (Wildman–Crippen MR) is 96.2 cm³/mol. The highest BCUT2D eigenvalue weighted by atomic mass is 35.5. The lowest BCUT2D eigenvalue weighted by Gasteiger charge is -2.33. The standard InChI is InChI=1S/C19H28ClNO3/c1-13(21-19(2,3)4)17(15-6-5-7-16(20)12-15)24-18(22)14-8-10-23-11-9-14/h5-7,12-14,17,21H,8-11H2,1-4H3/t13-,17+/m0/s1. The van der Waals surface area contributed by atoms with E-state index in [1.165, 1.54) is 0 Å². The summed E-state index contributed by atoms with van der Waals surface area (Å²) in [7, 11) is 0. The van der Waals surface area contributed by atoms with E-state index >= 15 is 0 Å². The predicted octanol–water partition coefficient (Wildman–Crippen LogP) is 4.13. The summed E-state index contributed by atoms with van der Waals surface area (Å²) in [6, 6.07) is 7.49. The Morgan fingerprint density at radius 2 is 2.00 bits per heavy atom. The fourth-order valence-electron chi connectivity index (χ4n) is 3.06. The summed E-state index contributed by atoms with van der Waals surface area (Å²) in [6.45, 7) is 9.57. The molecule has 5 heteroatoms. The number of benzene rings is 1. The molecule has 2 atom stereocenters. The zero-order valence-electron chi connectivity index (χ0n) is 15.0. The Morgan fingerprint density at radius 3 is 2.58 bits per heavy atom. The van der Waals surface area contributed by atoms with Gasteiger partial charge in [0.05, 0.1) is 5.92 Å². The quantitative estimate of drug-likeness (QED) is 0.808. The minimum atomic E-state index is -0.377. The maximum absolute atomic E-state index is 12.6. The molecule has 1 fully saturated rings. The zero-order valence-corrected chi connectivity index (χ0v) is 15.7. The first-order valence-electron chi connectivity index (χ1n) is 8.57. The van der Waals surface area contributed by atoms with Gasteiger partial charge >= 0.3 is 5.97 Å². The lowest BCUT2D eigenvalue weighted by Crippen LogP contribution is -2.46. The van der Waals surface area contributed by atoms with Crippen LogP contribution in [-0.4, -0.2) is 30.8 Å². The fraction of sp³-hybridized carbons (Fsp3) is 0.632. The van der Waals surface area contributed by atoms with Gasteiger partial charge in [0.15, 0.2) is 0 Å². The van der Waals surface area contributed by atoms with Crippen molar-refractivity contribution in [2.75, 3.05) is 13.2 Å². The maximum atomic E-state index is 12.6. The van der Waals surface area contributed by atoms with E-state index in [0.717, 1.165) is 18.4 Å². The Morgan fingerprint density at radius 1 is 1.33 bits per heavy atom. The molecule has 1 aliphatic heterocycles. The number of ether oxygens (including phenoxy) is 2. The third-order valence-electron chi connectivity index (χ3n) is 4.09. The molecule has 1 N–H and O–H groups in total. The molecule has 0 aliphatic carbocycles. The normalized spacial score (nSPS) is 18.9. The Labute approximate surface area is 149 Å². The fourth-order valence-corrected chi connectivity index (χ4v) is 3.25. The summed E-state index contributed by atoms with van der Waals surface area (Å²) < 4.78 is 11.3. The third-order valence-corrected chi connectivity index (χ3v) is 4.32. The number of carbonyl (C=O) groups excluding carboxylic acids is 1. The Kier molecular flexibility index (Phi) is 6.67. The van der Waals surface area contributed by atoms with Crippen LogP contribution >= 0.6 is 11.6 Å². The molecule has 134 valence electrons. The monoisotopic (exact) mass is 353 g/mol. The molecule has 2 rings (SSSR count). The number of hydrogen-bond donors (Lipinski definition) is 1. The summed E-state index contributed by atoms with van der Waals surface area (Å²) in [6.07, 6.45) is 1.07. The first-order chi connectivity index (χ1) is 11.3. The molecule has 0 bridgehead atoms. The molecule has 0 saturated carbocycles. The van der Waals surface area contributed by atoms with Gasteiger partial charge < -0.3 is 14.8 Å². The van der Waals surface area contributed by atoms with Crippen LogP contribution in [-0.2, 0) is 14.3 Å². The van der Waals surface area contributed by atoms with Gasteiger partial charge in [-0.1, -0.05) is 23.7 Å². The Balaban J connectivity index is 2.17. The smallest absolute Gasteiger partial charge is 0.309 e. The molecule has 1 aromatic rings. The van der Waals surface area contributed by atoms with Gasteiger partial charge in [0, 0.05) is 29.8 Å². The second-order valence-electron chi connectivity index (χ2n) is 7.48. The number of rotatable bonds is 5. The molecule has 4 nitrogen and oxygen atoms in total. The van der Waals surface area contributed by atoms with Gasteiger partial charge in [0.1, 0.15) is 6.10 Å². The highest BCUT2D eigenvalue weighted by Gasteiger charge is 2.30. The molecule has 1 heterocycles. The summed E-state index contributed by atoms with van der Waals surface area (Å²) >= 11 is 6.13. The molecule has 24 heavy (non-hydrogen) atoms. The van der Waals surface area contributed by atoms with Gasteiger partial charge in [-0.3, -0.25) is 4.79 Å². The van der Waals surface area contributed by atoms with Gasteiger partial charge in [-0.25, -0.2) is 0 Å². The van der Waals surface area contributed by atoms with Gasteiger partial charge in [-0.2, -0.15) is 0 Å². The summed E-state index contributed by atoms with van der Waals surface area (Å²) in [5.41, 5.74) is 0.827. The van der Waals surface area contributed by atoms with Crippen LogP contribution in [0.15, 0.2) is 24.3 Å². The second-order valence-corrected chi connectivity index (χ2v) is 7.92. The van der Waals surface area contributed by atoms with Crippen LogP contribution in [0.25, 0.3) is 0 Å². The highest BCUT2D eigenvalue weighted by Crippen LogP contribution is 2.28. The van der Waals surface area contributed by atoms with E-state index in [9.17, 15) is 4.79 Å². The van der Waals surface area contributed by atoms with E-state index < -0.39 is 0 Å². The van der Waals surface area contributed by atoms with Crippen molar-refractivity contribution in [2.45, 2.75) is 58.2 Å². The van der Waals surface area contributed by atoms with Crippen molar-refractivity contribution in [3.63, 3.8) is 0 Å². The van der Waals surface area contributed by atoms with Crippen molar-refractivity contribution < 1.29 is 14.3 Å². The average molecular weight is 354 g/mol. The van der Waals surface area contributed by atoms with Crippen molar-refractivity contribution in [3.8, 4) is 0 Å². The van der Waals surface area contributed by atoms with Crippen LogP contribution in [0.1, 0.15) is 52.2 Å². The van der Waals surface area contributed by atoms with Gasteiger partial charge in [0.2, 0.25) is 0 Å². The summed E-state index contributed by atoms with van der Waals surface area (Å²) in [4.78, 5) is 12.6. The minimum absolute atomic E-state index is 0.0349. The van der Waals surface area contributed by atoms with Crippen LogP contribution in [0.4, 0.5) is 0 Å². The number of halogens is 1. The topological polar surface area (TPSA) is 47.6 Å². The van der Waals surface area contributed by atoms with Crippen molar-refractivity contribution in [1.82, 2.24) is 5.32 Å². The average Bonchev–Trinajstić information content (AvgIpc) is 2.51. The second kappa shape index (κ2) is 8.32. The van der Waals surface area contributed by atoms with Crippen LogP contribution in [0, 0.1) is 5.92 Å². The molecule has 1 aromatic carbocycles. The molecule has 0 aromatic heterocycles. The minimum Gasteiger partial charge on any atom is -0.456 e. The van der Waals surface area contributed by atoms with Gasteiger partial charge in [-0.05, 0) is 58.2 Å². The number of nitrogens with one attached hydrogen (secondary N) is 1. The van der Waals surface area contributed by atoms with Gasteiger partial charge in [0.25, 0.3) is 0 Å². The van der Waals surface area contributed by atoms with Crippen LogP contribution in [0.2, 0.25) is 5.02 Å². The summed E-state index contributed by atoms with van der Waals surface area (Å²) in [5, 5.41) is 4.14. The van der Waals surface area contributed by atoms with E-state index in [0.29, 0.717) is 18.2 Å². The van der Waals surface area contributed by atoms with Crippen LogP contribution in [0.3, 0.4) is 0 Å². The molecular weight excluding hydrogens is 326 g/mol. The first kappa shape index (κ1) is 19.2. The molecule has 0 unspecified atom stereocenters. The van der Waals surface area contributed by atoms with E-state index in [1.807, 2.05) is 31.2 Å². The molecule has 0 spiro atoms. The largest absolute Gasteiger partial charge is 0.456 e. The Hall–Kier alpha value is -1.10. The van der Waals surface area contributed by atoms with Crippen molar-refractivity contribution in [1.29, 1.82) is 0 Å². The number of hydrogen-bond acceptors (Lipinski definition) is 4. The third kappa shape index (κ3) is 5.76. The summed E-state index contributed by atoms with van der Waals surface area (Å²) in [5.74, 6) is -0.229. The molecule has 0 radical (unpaired) electrons. The first-order valence-corrected chi connectivity index (χ1v) is 8.95. The lowest BCUT2D eigenvalue weighted by atomic mass is 9.98. The maximum Gasteiger partial charge on any atom is 0.309 e. The SMILES string of the molecule is C[C@H](NC(C)(C)C)[C@@H](OC(=O)C1CCOCC1)c1cccc(Cl)c1. The van der Waals surface area contributed by atoms with E-state index in [1.54, 1.807) is 0 Å². The van der Waals surface area contributed by atoms with Crippen LogP contribution < -0.4 is 5.32 Å². The zero-order chi connectivity index (χ0) is 17.7. The van der Waals surface area contributed by atoms with Crippen molar-refractivity contribution in [3.05, 3.63) is 34.9 Å². The van der Waals surface area contributed by atoms with E-state index in [4.69, 9.17) is 21.1 Å². The van der Waals surface area contributed by atoms with Crippen molar-refractivity contribution >= 4 is 17.6 Å². The van der Waals surface area contributed by atoms with Crippen LogP contribution in [0.5, 0.6) is 0 Å².